The summed E-state index contributed by atoms with van der Waals surface area (Å²) in [5.41, 5.74) is 1.41. The highest BCUT2D eigenvalue weighted by Crippen LogP contribution is 2.28. The molecular weight excluding hydrogens is 228 g/mol. The fourth-order valence-corrected chi connectivity index (χ4v) is 3.37. The number of likely N-dealkylation sites (N-methyl/N-ethyl adjacent to an activating group) is 1. The first-order valence-electron chi connectivity index (χ1n) is 6.71. The molecule has 1 aromatic heterocycles. The third kappa shape index (κ3) is 3.23. The Hall–Kier alpha value is -0.540. The van der Waals surface area contributed by atoms with Crippen LogP contribution in [0.3, 0.4) is 0 Å². The van der Waals surface area contributed by atoms with Gasteiger partial charge in [0.25, 0.3) is 0 Å². The van der Waals surface area contributed by atoms with E-state index in [0.29, 0.717) is 6.04 Å². The maximum Gasteiger partial charge on any atom is 0.0475 e. The van der Waals surface area contributed by atoms with E-state index in [0.717, 1.165) is 24.9 Å². The van der Waals surface area contributed by atoms with Crippen molar-refractivity contribution in [1.82, 2.24) is 5.32 Å². The molecular formula is C14H24N2S. The van der Waals surface area contributed by atoms with E-state index in [-0.39, 0.29) is 0 Å². The molecule has 0 bridgehead atoms. The first kappa shape index (κ1) is 12.9. The van der Waals surface area contributed by atoms with Crippen molar-refractivity contribution in [3.8, 4) is 0 Å². The van der Waals surface area contributed by atoms with Gasteiger partial charge >= 0.3 is 0 Å². The van der Waals surface area contributed by atoms with Gasteiger partial charge < -0.3 is 10.2 Å². The average molecular weight is 252 g/mol. The highest BCUT2D eigenvalue weighted by Gasteiger charge is 2.28. The summed E-state index contributed by atoms with van der Waals surface area (Å²) in [5, 5.41) is 8.07. The summed E-state index contributed by atoms with van der Waals surface area (Å²) in [4.78, 5) is 2.55. The highest BCUT2D eigenvalue weighted by atomic mass is 32.1. The molecule has 1 aromatic rings. The predicted molar refractivity (Wildman–Crippen MR) is 76.9 cm³/mol. The predicted octanol–water partition coefficient (Wildman–Crippen LogP) is 3.21. The van der Waals surface area contributed by atoms with E-state index in [9.17, 15) is 0 Å². The SMILES string of the molecule is CCNC1CC(C(C)C)CN(c2ccsc2)C1. The zero-order valence-corrected chi connectivity index (χ0v) is 12.0. The van der Waals surface area contributed by atoms with Crippen LogP contribution < -0.4 is 10.2 Å². The summed E-state index contributed by atoms with van der Waals surface area (Å²) < 4.78 is 0. The van der Waals surface area contributed by atoms with Crippen molar-refractivity contribution in [3.63, 3.8) is 0 Å². The topological polar surface area (TPSA) is 15.3 Å². The largest absolute Gasteiger partial charge is 0.369 e. The monoisotopic (exact) mass is 252 g/mol. The summed E-state index contributed by atoms with van der Waals surface area (Å²) in [5.74, 6) is 1.59. The minimum atomic E-state index is 0.654. The van der Waals surface area contributed by atoms with Crippen LogP contribution in [0, 0.1) is 11.8 Å². The maximum absolute atomic E-state index is 3.62. The molecule has 2 nitrogen and oxygen atoms in total. The van der Waals surface area contributed by atoms with Crippen LogP contribution in [0.5, 0.6) is 0 Å². The molecule has 3 heteroatoms. The van der Waals surface area contributed by atoms with Gasteiger partial charge in [0.1, 0.15) is 0 Å². The van der Waals surface area contributed by atoms with E-state index in [1.54, 1.807) is 11.3 Å². The lowest BCUT2D eigenvalue weighted by molar-refractivity contribution is 0.275. The molecule has 0 aliphatic carbocycles. The summed E-state index contributed by atoms with van der Waals surface area (Å²) in [6.07, 6.45) is 1.33. The van der Waals surface area contributed by atoms with Gasteiger partial charge in [-0.1, -0.05) is 20.8 Å². The van der Waals surface area contributed by atoms with Crippen LogP contribution in [0.4, 0.5) is 5.69 Å². The highest BCUT2D eigenvalue weighted by molar-refractivity contribution is 7.08. The van der Waals surface area contributed by atoms with Gasteiger partial charge in [-0.3, -0.25) is 0 Å². The molecule has 1 fully saturated rings. The van der Waals surface area contributed by atoms with E-state index in [1.807, 2.05) is 0 Å². The van der Waals surface area contributed by atoms with Crippen LogP contribution in [-0.2, 0) is 0 Å². The molecule has 0 spiro atoms. The van der Waals surface area contributed by atoms with E-state index < -0.39 is 0 Å². The van der Waals surface area contributed by atoms with E-state index in [1.165, 1.54) is 18.7 Å². The number of anilines is 1. The van der Waals surface area contributed by atoms with Gasteiger partial charge in [-0.2, -0.15) is 11.3 Å². The van der Waals surface area contributed by atoms with E-state index in [2.05, 4.69) is 47.8 Å². The average Bonchev–Trinajstić information content (AvgIpc) is 2.82. The van der Waals surface area contributed by atoms with Crippen LogP contribution in [0.25, 0.3) is 0 Å². The second-order valence-corrected chi connectivity index (χ2v) is 6.16. The Bertz CT molecular complexity index is 321. The van der Waals surface area contributed by atoms with Crippen molar-refractivity contribution in [2.24, 2.45) is 11.8 Å². The smallest absolute Gasteiger partial charge is 0.0475 e. The molecule has 0 radical (unpaired) electrons. The number of nitrogens with zero attached hydrogens (tertiary/aromatic N) is 1. The molecule has 2 heterocycles. The standard InChI is InChI=1S/C14H24N2S/c1-4-15-13-7-12(11(2)3)8-16(9-13)14-5-6-17-10-14/h5-6,10-13,15H,4,7-9H2,1-3H3. The molecule has 0 saturated carbocycles. The number of thiophene rings is 1. The minimum absolute atomic E-state index is 0.654. The summed E-state index contributed by atoms with van der Waals surface area (Å²) in [7, 11) is 0. The van der Waals surface area contributed by atoms with Crippen LogP contribution >= 0.6 is 11.3 Å². The van der Waals surface area contributed by atoms with Crippen LogP contribution in [0.1, 0.15) is 27.2 Å². The van der Waals surface area contributed by atoms with Crippen molar-refractivity contribution in [3.05, 3.63) is 16.8 Å². The van der Waals surface area contributed by atoms with Crippen molar-refractivity contribution in [2.45, 2.75) is 33.2 Å². The Morgan fingerprint density at radius 1 is 1.47 bits per heavy atom. The van der Waals surface area contributed by atoms with Gasteiger partial charge in [0, 0.05) is 30.2 Å². The molecule has 1 aliphatic rings. The normalized spacial score (nSPS) is 25.5. The zero-order chi connectivity index (χ0) is 12.3. The number of rotatable bonds is 4. The molecule has 2 unspecified atom stereocenters. The Balaban J connectivity index is 2.06. The number of nitrogens with one attached hydrogen (secondary N) is 1. The van der Waals surface area contributed by atoms with Crippen molar-refractivity contribution in [2.75, 3.05) is 24.5 Å². The second-order valence-electron chi connectivity index (χ2n) is 5.38. The Kier molecular flexibility index (Phi) is 4.46. The van der Waals surface area contributed by atoms with Gasteiger partial charge in [-0.25, -0.2) is 0 Å². The van der Waals surface area contributed by atoms with Crippen molar-refractivity contribution < 1.29 is 0 Å². The lowest BCUT2D eigenvalue weighted by Crippen LogP contribution is -2.50. The fraction of sp³-hybridized carbons (Fsp3) is 0.714. The van der Waals surface area contributed by atoms with Gasteiger partial charge in [-0.15, -0.1) is 0 Å². The summed E-state index contributed by atoms with van der Waals surface area (Å²) in [6.45, 7) is 10.4. The maximum atomic E-state index is 3.62. The second kappa shape index (κ2) is 5.87. The molecule has 1 N–H and O–H groups in total. The first-order valence-corrected chi connectivity index (χ1v) is 7.65. The summed E-state index contributed by atoms with van der Waals surface area (Å²) in [6, 6.07) is 2.90. The molecule has 17 heavy (non-hydrogen) atoms. The lowest BCUT2D eigenvalue weighted by Gasteiger charge is -2.40. The Morgan fingerprint density at radius 3 is 2.88 bits per heavy atom. The number of hydrogen-bond donors (Lipinski definition) is 1. The molecule has 0 amide bonds. The van der Waals surface area contributed by atoms with Gasteiger partial charge in [0.05, 0.1) is 0 Å². The van der Waals surface area contributed by atoms with E-state index in [4.69, 9.17) is 0 Å². The summed E-state index contributed by atoms with van der Waals surface area (Å²) >= 11 is 1.80. The van der Waals surface area contributed by atoms with Crippen LogP contribution in [0.15, 0.2) is 16.8 Å². The van der Waals surface area contributed by atoms with Crippen LogP contribution in [0.2, 0.25) is 0 Å². The van der Waals surface area contributed by atoms with Crippen molar-refractivity contribution in [1.29, 1.82) is 0 Å². The molecule has 1 aliphatic heterocycles. The minimum Gasteiger partial charge on any atom is -0.369 e. The molecule has 0 aromatic carbocycles. The zero-order valence-electron chi connectivity index (χ0n) is 11.1. The fourth-order valence-electron chi connectivity index (χ4n) is 2.71. The molecule has 1 saturated heterocycles. The van der Waals surface area contributed by atoms with Crippen molar-refractivity contribution >= 4 is 17.0 Å². The Morgan fingerprint density at radius 2 is 2.29 bits per heavy atom. The van der Waals surface area contributed by atoms with Gasteiger partial charge in [0.15, 0.2) is 0 Å². The quantitative estimate of drug-likeness (QED) is 0.885. The number of piperidine rings is 1. The Labute approximate surface area is 109 Å². The number of hydrogen-bond acceptors (Lipinski definition) is 3. The van der Waals surface area contributed by atoms with Gasteiger partial charge in [0.2, 0.25) is 0 Å². The third-order valence-electron chi connectivity index (χ3n) is 3.79. The lowest BCUT2D eigenvalue weighted by atomic mass is 9.85. The third-order valence-corrected chi connectivity index (χ3v) is 4.46. The molecule has 2 rings (SSSR count). The molecule has 96 valence electrons. The molecule has 2 atom stereocenters. The van der Waals surface area contributed by atoms with Gasteiger partial charge in [-0.05, 0) is 36.2 Å². The van der Waals surface area contributed by atoms with Crippen LogP contribution in [-0.4, -0.2) is 25.7 Å². The van der Waals surface area contributed by atoms with E-state index >= 15 is 0 Å². The first-order chi connectivity index (χ1) is 8.20.